The van der Waals surface area contributed by atoms with Crippen molar-refractivity contribution in [3.63, 3.8) is 0 Å². The number of esters is 1. The van der Waals surface area contributed by atoms with Crippen LogP contribution in [0.3, 0.4) is 0 Å². The number of aryl methyl sites for hydroxylation is 1. The number of hydrogen-bond donors (Lipinski definition) is 0. The van der Waals surface area contributed by atoms with E-state index in [1.54, 1.807) is 19.1 Å². The molecule has 0 N–H and O–H groups in total. The SMILES string of the molecule is C/C=C/CCc1ccc(-c2ccc(OC(=O)C3CCC(C4CC=C(c5ccc(OCC)c(F)c5F)CC4)CC3)c(F)c2F)c(F)c1F. The summed E-state index contributed by atoms with van der Waals surface area (Å²) in [7, 11) is 0. The summed E-state index contributed by atoms with van der Waals surface area (Å²) in [6, 6.07) is 7.70. The highest BCUT2D eigenvalue weighted by atomic mass is 19.2. The molecule has 0 saturated heterocycles. The minimum atomic E-state index is -1.45. The van der Waals surface area contributed by atoms with Crippen LogP contribution in [-0.4, -0.2) is 12.6 Å². The number of allylic oxidation sites excluding steroid dienone is 4. The normalized spacial score (nSPS) is 19.9. The van der Waals surface area contributed by atoms with Crippen LogP contribution in [0, 0.1) is 52.7 Å². The van der Waals surface area contributed by atoms with E-state index in [0.29, 0.717) is 43.9 Å². The summed E-state index contributed by atoms with van der Waals surface area (Å²) in [4.78, 5) is 12.9. The van der Waals surface area contributed by atoms with Gasteiger partial charge < -0.3 is 9.47 Å². The summed E-state index contributed by atoms with van der Waals surface area (Å²) < 4.78 is 99.1. The third-order valence-electron chi connectivity index (χ3n) is 9.44. The standard InChI is InChI=1S/C38H38F6O3/c1-3-5-6-7-25-16-17-28(34(41)32(25)39)29-19-21-31(37(44)35(29)42)47-38(45)26-14-10-23(11-15-26)22-8-12-24(13-9-22)27-18-20-30(46-4-2)36(43)33(27)40/h3,5,12,16-23,26H,4,6-11,13-15H2,1-2H3/b5-3+. The molecule has 250 valence electrons. The highest BCUT2D eigenvalue weighted by Gasteiger charge is 2.33. The highest BCUT2D eigenvalue weighted by Crippen LogP contribution is 2.43. The summed E-state index contributed by atoms with van der Waals surface area (Å²) in [5, 5.41) is 0. The summed E-state index contributed by atoms with van der Waals surface area (Å²) in [5.74, 6) is -8.37. The van der Waals surface area contributed by atoms with Gasteiger partial charge in [0.25, 0.3) is 0 Å². The maximum Gasteiger partial charge on any atom is 0.314 e. The van der Waals surface area contributed by atoms with Crippen LogP contribution in [0.25, 0.3) is 16.7 Å². The maximum atomic E-state index is 15.1. The fourth-order valence-electron chi connectivity index (χ4n) is 6.81. The number of carbonyl (C=O) groups is 1. The zero-order valence-corrected chi connectivity index (χ0v) is 26.5. The Hall–Kier alpha value is -4.01. The molecule has 9 heteroatoms. The van der Waals surface area contributed by atoms with Gasteiger partial charge in [-0.25, -0.2) is 17.6 Å². The van der Waals surface area contributed by atoms with Crippen LogP contribution >= 0.6 is 0 Å². The first-order chi connectivity index (χ1) is 22.6. The second-order valence-electron chi connectivity index (χ2n) is 12.2. The Labute approximate surface area is 271 Å². The van der Waals surface area contributed by atoms with E-state index >= 15 is 8.78 Å². The number of benzene rings is 3. The van der Waals surface area contributed by atoms with E-state index in [-0.39, 0.29) is 29.9 Å². The van der Waals surface area contributed by atoms with E-state index < -0.39 is 63.7 Å². The molecule has 0 heterocycles. The molecule has 47 heavy (non-hydrogen) atoms. The molecule has 0 aliphatic heterocycles. The number of hydrogen-bond acceptors (Lipinski definition) is 3. The average Bonchev–Trinajstić information content (AvgIpc) is 3.08. The molecule has 0 bridgehead atoms. The van der Waals surface area contributed by atoms with Crippen molar-refractivity contribution in [3.8, 4) is 22.6 Å². The molecular formula is C38H38F6O3. The van der Waals surface area contributed by atoms with Gasteiger partial charge >= 0.3 is 5.97 Å². The fourth-order valence-corrected chi connectivity index (χ4v) is 6.81. The number of rotatable bonds is 10. The summed E-state index contributed by atoms with van der Waals surface area (Å²) in [5.41, 5.74) is 0.249. The van der Waals surface area contributed by atoms with Gasteiger partial charge in [0, 0.05) is 16.7 Å². The summed E-state index contributed by atoms with van der Waals surface area (Å²) in [6.45, 7) is 3.76. The average molecular weight is 657 g/mol. The Morgan fingerprint density at radius 3 is 2.02 bits per heavy atom. The van der Waals surface area contributed by atoms with Crippen molar-refractivity contribution in [2.24, 2.45) is 17.8 Å². The van der Waals surface area contributed by atoms with E-state index in [9.17, 15) is 22.4 Å². The quantitative estimate of drug-likeness (QED) is 0.0943. The second kappa shape index (κ2) is 15.3. The van der Waals surface area contributed by atoms with Gasteiger partial charge in [0.05, 0.1) is 12.5 Å². The molecule has 3 aromatic carbocycles. The third kappa shape index (κ3) is 7.44. The monoisotopic (exact) mass is 656 g/mol. The molecule has 3 nitrogen and oxygen atoms in total. The van der Waals surface area contributed by atoms with Gasteiger partial charge in [0.15, 0.2) is 34.8 Å². The van der Waals surface area contributed by atoms with Crippen LogP contribution in [0.4, 0.5) is 26.3 Å². The fraction of sp³-hybridized carbons (Fsp3) is 0.395. The smallest absolute Gasteiger partial charge is 0.314 e. The van der Waals surface area contributed by atoms with Gasteiger partial charge in [-0.2, -0.15) is 8.78 Å². The topological polar surface area (TPSA) is 35.5 Å². The van der Waals surface area contributed by atoms with Crippen molar-refractivity contribution in [1.82, 2.24) is 0 Å². The Morgan fingerprint density at radius 1 is 0.745 bits per heavy atom. The molecule has 0 radical (unpaired) electrons. The molecule has 1 saturated carbocycles. The highest BCUT2D eigenvalue weighted by molar-refractivity contribution is 5.76. The van der Waals surface area contributed by atoms with Crippen LogP contribution in [0.1, 0.15) is 76.3 Å². The predicted molar refractivity (Wildman–Crippen MR) is 169 cm³/mol. The zero-order chi connectivity index (χ0) is 33.7. The lowest BCUT2D eigenvalue weighted by atomic mass is 9.71. The van der Waals surface area contributed by atoms with Crippen molar-refractivity contribution in [3.05, 3.63) is 101 Å². The first-order valence-electron chi connectivity index (χ1n) is 16.2. The van der Waals surface area contributed by atoms with Crippen LogP contribution in [0.15, 0.2) is 54.6 Å². The summed E-state index contributed by atoms with van der Waals surface area (Å²) >= 11 is 0. The van der Waals surface area contributed by atoms with Gasteiger partial charge in [0.2, 0.25) is 11.6 Å². The van der Waals surface area contributed by atoms with E-state index in [1.807, 2.05) is 19.1 Å². The van der Waals surface area contributed by atoms with Crippen molar-refractivity contribution in [2.45, 2.75) is 71.6 Å². The molecule has 1 unspecified atom stereocenters. The summed E-state index contributed by atoms with van der Waals surface area (Å²) in [6.07, 6.45) is 11.0. The molecular weight excluding hydrogens is 618 g/mol. The molecule has 1 fully saturated rings. The van der Waals surface area contributed by atoms with Crippen molar-refractivity contribution in [2.75, 3.05) is 6.61 Å². The molecule has 5 rings (SSSR count). The van der Waals surface area contributed by atoms with Crippen molar-refractivity contribution < 1.29 is 40.6 Å². The Morgan fingerprint density at radius 2 is 1.36 bits per heavy atom. The van der Waals surface area contributed by atoms with E-state index in [4.69, 9.17) is 9.47 Å². The first-order valence-corrected chi connectivity index (χ1v) is 16.2. The lowest BCUT2D eigenvalue weighted by Gasteiger charge is -2.35. The number of halogens is 6. The Kier molecular flexibility index (Phi) is 11.1. The van der Waals surface area contributed by atoms with Crippen LogP contribution in [-0.2, 0) is 11.2 Å². The lowest BCUT2D eigenvalue weighted by Crippen LogP contribution is -2.29. The van der Waals surface area contributed by atoms with Gasteiger partial charge in [-0.05, 0) is 119 Å². The molecule has 3 aromatic rings. The van der Waals surface area contributed by atoms with Gasteiger partial charge in [-0.3, -0.25) is 4.79 Å². The molecule has 2 aliphatic rings. The number of ether oxygens (including phenoxy) is 2. The van der Waals surface area contributed by atoms with Gasteiger partial charge in [-0.15, -0.1) is 0 Å². The molecule has 0 amide bonds. The molecule has 2 aliphatic carbocycles. The minimum Gasteiger partial charge on any atom is -0.491 e. The van der Waals surface area contributed by atoms with Crippen LogP contribution < -0.4 is 9.47 Å². The maximum absolute atomic E-state index is 15.1. The van der Waals surface area contributed by atoms with Crippen molar-refractivity contribution in [1.29, 1.82) is 0 Å². The van der Waals surface area contributed by atoms with Gasteiger partial charge in [0.1, 0.15) is 0 Å². The first kappa shape index (κ1) is 34.3. The minimum absolute atomic E-state index is 0.104. The number of carbonyl (C=O) groups excluding carboxylic acids is 1. The van der Waals surface area contributed by atoms with E-state index in [0.717, 1.165) is 37.0 Å². The largest absolute Gasteiger partial charge is 0.491 e. The third-order valence-corrected chi connectivity index (χ3v) is 9.44. The van der Waals surface area contributed by atoms with E-state index in [1.165, 1.54) is 18.2 Å². The lowest BCUT2D eigenvalue weighted by molar-refractivity contribution is -0.140. The van der Waals surface area contributed by atoms with Crippen LogP contribution in [0.5, 0.6) is 11.5 Å². The van der Waals surface area contributed by atoms with Crippen LogP contribution in [0.2, 0.25) is 0 Å². The second-order valence-corrected chi connectivity index (χ2v) is 12.2. The Balaban J connectivity index is 1.17. The molecule has 0 spiro atoms. The predicted octanol–water partition coefficient (Wildman–Crippen LogP) is 10.7. The van der Waals surface area contributed by atoms with Crippen molar-refractivity contribution >= 4 is 11.5 Å². The zero-order valence-electron chi connectivity index (χ0n) is 26.5. The molecule has 1 atom stereocenters. The Bertz CT molecular complexity index is 1670. The van der Waals surface area contributed by atoms with E-state index in [2.05, 4.69) is 0 Å². The molecule has 0 aromatic heterocycles. The van der Waals surface area contributed by atoms with Gasteiger partial charge in [-0.1, -0.05) is 30.4 Å².